The fourth-order valence-corrected chi connectivity index (χ4v) is 3.84. The Bertz CT molecular complexity index is 983. The highest BCUT2D eigenvalue weighted by Gasteiger charge is 2.27. The van der Waals surface area contributed by atoms with Crippen LogP contribution in [0, 0.1) is 0 Å². The maximum atomic E-state index is 6.39. The Hall–Kier alpha value is -2.87. The molecule has 0 saturated carbocycles. The molecule has 2 aliphatic rings. The van der Waals surface area contributed by atoms with Gasteiger partial charge in [-0.25, -0.2) is 4.58 Å². The molecule has 2 nitrogen and oxygen atoms in total. The summed E-state index contributed by atoms with van der Waals surface area (Å²) in [7, 11) is 0. The van der Waals surface area contributed by atoms with E-state index in [9.17, 15) is 0 Å². The van der Waals surface area contributed by atoms with Gasteiger partial charge in [-0.2, -0.15) is 0 Å². The van der Waals surface area contributed by atoms with Gasteiger partial charge in [-0.15, -0.1) is 0 Å². The summed E-state index contributed by atoms with van der Waals surface area (Å²) in [5, 5.41) is 0. The number of nitrogens with zero attached hydrogens (tertiary/aromatic N) is 1. The normalized spacial score (nSPS) is 14.6. The monoisotopic (exact) mass is 297 g/mol. The van der Waals surface area contributed by atoms with Crippen molar-refractivity contribution in [3.8, 4) is 11.1 Å². The minimum absolute atomic E-state index is 0.855. The first kappa shape index (κ1) is 12.7. The summed E-state index contributed by atoms with van der Waals surface area (Å²) < 4.78 is 2.22. The molecular weight excluding hydrogens is 280 g/mol. The van der Waals surface area contributed by atoms with Crippen LogP contribution < -0.4 is 5.73 Å². The van der Waals surface area contributed by atoms with Gasteiger partial charge < -0.3 is 0 Å². The van der Waals surface area contributed by atoms with Crippen LogP contribution in [0.25, 0.3) is 11.1 Å². The fraction of sp³-hybridized carbons (Fsp3) is 0.0952. The zero-order valence-corrected chi connectivity index (χ0v) is 12.8. The van der Waals surface area contributed by atoms with Crippen molar-refractivity contribution in [1.29, 1.82) is 0 Å². The predicted molar refractivity (Wildman–Crippen MR) is 93.0 cm³/mol. The van der Waals surface area contributed by atoms with Gasteiger partial charge in [0.1, 0.15) is 12.2 Å². The maximum absolute atomic E-state index is 6.39. The SMILES string of the molecule is NC1=[N+](c2ccc3c(c2)Cc2ccccc2-3)Cc2ccccc21. The van der Waals surface area contributed by atoms with E-state index in [-0.39, 0.29) is 0 Å². The number of nitrogens with two attached hydrogens (primary N) is 1. The van der Waals surface area contributed by atoms with Gasteiger partial charge >= 0.3 is 0 Å². The van der Waals surface area contributed by atoms with Crippen LogP contribution >= 0.6 is 0 Å². The van der Waals surface area contributed by atoms with Crippen molar-refractivity contribution >= 4 is 11.5 Å². The molecule has 0 atom stereocenters. The Morgan fingerprint density at radius 3 is 2.22 bits per heavy atom. The molecule has 2 heteroatoms. The minimum Gasteiger partial charge on any atom is -0.286 e. The van der Waals surface area contributed by atoms with Crippen molar-refractivity contribution in [1.82, 2.24) is 0 Å². The van der Waals surface area contributed by atoms with Crippen molar-refractivity contribution < 1.29 is 4.58 Å². The molecule has 1 heterocycles. The lowest BCUT2D eigenvalue weighted by Gasteiger charge is -2.06. The van der Waals surface area contributed by atoms with Crippen molar-refractivity contribution in [3.05, 3.63) is 89.0 Å². The second-order valence-electron chi connectivity index (χ2n) is 6.30. The summed E-state index contributed by atoms with van der Waals surface area (Å²) in [6, 6.07) is 23.8. The van der Waals surface area contributed by atoms with Crippen LogP contribution in [0.3, 0.4) is 0 Å². The lowest BCUT2D eigenvalue weighted by atomic mass is 10.1. The first-order chi connectivity index (χ1) is 11.3. The number of hydrogen-bond acceptors (Lipinski definition) is 1. The minimum atomic E-state index is 0.855. The van der Waals surface area contributed by atoms with E-state index in [1.165, 1.54) is 33.5 Å². The van der Waals surface area contributed by atoms with E-state index in [4.69, 9.17) is 5.73 Å². The summed E-state index contributed by atoms with van der Waals surface area (Å²) in [5.41, 5.74) is 15.6. The molecule has 0 radical (unpaired) electrons. The highest BCUT2D eigenvalue weighted by molar-refractivity contribution is 5.97. The molecule has 3 aromatic carbocycles. The summed E-state index contributed by atoms with van der Waals surface area (Å²) in [6.45, 7) is 0.855. The van der Waals surface area contributed by atoms with Gasteiger partial charge in [0.05, 0.1) is 5.56 Å². The molecule has 0 spiro atoms. The standard InChI is InChI=1S/C21H16N2/c22-21-20-8-4-2-6-15(20)13-23(21)17-9-10-19-16(12-17)11-14-5-1-3-7-18(14)19/h1-10,12,22H,11,13H2/p+1. The van der Waals surface area contributed by atoms with Crippen molar-refractivity contribution in [2.75, 3.05) is 0 Å². The van der Waals surface area contributed by atoms with E-state index in [2.05, 4.69) is 71.3 Å². The third-order valence-electron chi connectivity index (χ3n) is 5.00. The lowest BCUT2D eigenvalue weighted by molar-refractivity contribution is -0.453. The average molecular weight is 297 g/mol. The quantitative estimate of drug-likeness (QED) is 0.532. The third kappa shape index (κ3) is 1.78. The van der Waals surface area contributed by atoms with Crippen LogP contribution in [-0.4, -0.2) is 10.4 Å². The molecule has 0 amide bonds. The highest BCUT2D eigenvalue weighted by atomic mass is 15.1. The van der Waals surface area contributed by atoms with E-state index in [1.807, 2.05) is 0 Å². The molecule has 0 aromatic heterocycles. The van der Waals surface area contributed by atoms with Gasteiger partial charge in [-0.1, -0.05) is 42.5 Å². The number of benzene rings is 3. The zero-order valence-electron chi connectivity index (χ0n) is 12.8. The second kappa shape index (κ2) is 4.56. The van der Waals surface area contributed by atoms with Crippen LogP contribution in [0.4, 0.5) is 5.69 Å². The summed E-state index contributed by atoms with van der Waals surface area (Å²) in [5.74, 6) is 0.857. The van der Waals surface area contributed by atoms with Crippen LogP contribution in [0.1, 0.15) is 22.3 Å². The lowest BCUT2D eigenvalue weighted by Crippen LogP contribution is -2.20. The van der Waals surface area contributed by atoms with Crippen molar-refractivity contribution in [3.63, 3.8) is 0 Å². The Balaban J connectivity index is 1.60. The van der Waals surface area contributed by atoms with Crippen LogP contribution in [0.15, 0.2) is 66.7 Å². The molecule has 0 saturated heterocycles. The largest absolute Gasteiger partial charge is 0.286 e. The number of rotatable bonds is 1. The van der Waals surface area contributed by atoms with Crippen LogP contribution in [-0.2, 0) is 13.0 Å². The van der Waals surface area contributed by atoms with Gasteiger partial charge in [0.2, 0.25) is 0 Å². The Morgan fingerprint density at radius 1 is 0.696 bits per heavy atom. The highest BCUT2D eigenvalue weighted by Crippen LogP contribution is 2.38. The molecule has 3 aromatic rings. The Kier molecular flexibility index (Phi) is 2.51. The van der Waals surface area contributed by atoms with Gasteiger partial charge in [-0.05, 0) is 52.9 Å². The average Bonchev–Trinajstić information content (AvgIpc) is 3.12. The van der Waals surface area contributed by atoms with Gasteiger partial charge in [-0.3, -0.25) is 5.73 Å². The van der Waals surface area contributed by atoms with Crippen molar-refractivity contribution in [2.24, 2.45) is 5.73 Å². The van der Waals surface area contributed by atoms with Gasteiger partial charge in [0.15, 0.2) is 0 Å². The summed E-state index contributed by atoms with van der Waals surface area (Å²) in [4.78, 5) is 0. The van der Waals surface area contributed by atoms with E-state index in [0.29, 0.717) is 0 Å². The molecule has 1 aliphatic heterocycles. The Morgan fingerprint density at radius 2 is 1.39 bits per heavy atom. The summed E-state index contributed by atoms with van der Waals surface area (Å²) in [6.07, 6.45) is 1.01. The van der Waals surface area contributed by atoms with E-state index < -0.39 is 0 Å². The maximum Gasteiger partial charge on any atom is 0.280 e. The molecule has 0 fully saturated rings. The Labute approximate surface area is 135 Å². The van der Waals surface area contributed by atoms with E-state index in [1.54, 1.807) is 0 Å². The first-order valence-corrected chi connectivity index (χ1v) is 8.01. The smallest absolute Gasteiger partial charge is 0.280 e. The molecule has 110 valence electrons. The second-order valence-corrected chi connectivity index (χ2v) is 6.30. The zero-order chi connectivity index (χ0) is 15.4. The van der Waals surface area contributed by atoms with E-state index in [0.717, 1.165) is 24.4 Å². The topological polar surface area (TPSA) is 29.0 Å². The molecule has 2 N–H and O–H groups in total. The molecule has 0 bridgehead atoms. The van der Waals surface area contributed by atoms with Crippen LogP contribution in [0.2, 0.25) is 0 Å². The predicted octanol–water partition coefficient (Wildman–Crippen LogP) is 3.82. The third-order valence-corrected chi connectivity index (χ3v) is 5.00. The van der Waals surface area contributed by atoms with Crippen molar-refractivity contribution in [2.45, 2.75) is 13.0 Å². The van der Waals surface area contributed by atoms with E-state index >= 15 is 0 Å². The number of hydrogen-bond donors (Lipinski definition) is 1. The molecule has 23 heavy (non-hydrogen) atoms. The number of fused-ring (bicyclic) bond motifs is 4. The molecule has 1 aliphatic carbocycles. The molecule has 5 rings (SSSR count). The van der Waals surface area contributed by atoms with Crippen LogP contribution in [0.5, 0.6) is 0 Å². The fourth-order valence-electron chi connectivity index (χ4n) is 3.84. The first-order valence-electron chi connectivity index (χ1n) is 8.01. The molecule has 0 unspecified atom stereocenters. The van der Waals surface area contributed by atoms with Gasteiger partial charge in [0.25, 0.3) is 5.84 Å². The van der Waals surface area contributed by atoms with Gasteiger partial charge in [0, 0.05) is 5.56 Å². The number of amidine groups is 1. The molecular formula is C21H17N2+. The summed E-state index contributed by atoms with van der Waals surface area (Å²) >= 11 is 0.